The summed E-state index contributed by atoms with van der Waals surface area (Å²) < 4.78 is 11.2. The molecule has 3 heterocycles. The molecule has 0 radical (unpaired) electrons. The van der Waals surface area contributed by atoms with E-state index in [-0.39, 0.29) is 25.0 Å². The maximum atomic E-state index is 12.7. The van der Waals surface area contributed by atoms with Crippen LogP contribution in [0.3, 0.4) is 0 Å². The van der Waals surface area contributed by atoms with Crippen LogP contribution in [0.5, 0.6) is 5.88 Å². The number of pyridine rings is 2. The highest BCUT2D eigenvalue weighted by Crippen LogP contribution is 2.39. The first kappa shape index (κ1) is 23.2. The summed E-state index contributed by atoms with van der Waals surface area (Å²) in [4.78, 5) is 21.3. The van der Waals surface area contributed by atoms with E-state index in [0.717, 1.165) is 35.2 Å². The number of aliphatic hydroxyl groups is 1. The van der Waals surface area contributed by atoms with Gasteiger partial charge in [0.15, 0.2) is 0 Å². The first-order chi connectivity index (χ1) is 16.1. The number of nitrogens with zero attached hydrogens (tertiary/aromatic N) is 2. The van der Waals surface area contributed by atoms with Gasteiger partial charge in [0.25, 0.3) is 5.91 Å². The predicted molar refractivity (Wildman–Crippen MR) is 127 cm³/mol. The molecule has 2 N–H and O–H groups in total. The third-order valence-corrected chi connectivity index (χ3v) is 6.02. The number of aromatic nitrogens is 2. The largest absolute Gasteiger partial charge is 0.475 e. The summed E-state index contributed by atoms with van der Waals surface area (Å²) in [6.07, 6.45) is 4.90. The Labute approximate surface area is 197 Å². The minimum atomic E-state index is -0.265. The smallest absolute Gasteiger partial charge is 0.255 e. The molecule has 1 amide bonds. The Hall–Kier alpha value is -3.00. The average molecular weight is 468 g/mol. The molecule has 0 unspecified atom stereocenters. The third-order valence-electron chi connectivity index (χ3n) is 5.63. The van der Waals surface area contributed by atoms with E-state index in [9.17, 15) is 9.90 Å². The van der Waals surface area contributed by atoms with Crippen molar-refractivity contribution in [2.75, 3.05) is 31.7 Å². The van der Waals surface area contributed by atoms with Crippen LogP contribution in [0.1, 0.15) is 40.4 Å². The fraction of sp³-hybridized carbons (Fsp3) is 0.320. The minimum absolute atomic E-state index is 0.102. The highest BCUT2D eigenvalue weighted by molar-refractivity contribution is 6.36. The van der Waals surface area contributed by atoms with E-state index < -0.39 is 0 Å². The number of halogens is 1. The monoisotopic (exact) mass is 467 g/mol. The van der Waals surface area contributed by atoms with Gasteiger partial charge >= 0.3 is 0 Å². The van der Waals surface area contributed by atoms with Crippen molar-refractivity contribution in [1.29, 1.82) is 0 Å². The van der Waals surface area contributed by atoms with E-state index in [4.69, 9.17) is 21.1 Å². The minimum Gasteiger partial charge on any atom is -0.475 e. The maximum Gasteiger partial charge on any atom is 0.255 e. The Morgan fingerprint density at radius 2 is 1.97 bits per heavy atom. The molecule has 2 aromatic heterocycles. The number of anilines is 1. The van der Waals surface area contributed by atoms with Crippen molar-refractivity contribution < 1.29 is 19.4 Å². The van der Waals surface area contributed by atoms with Crippen LogP contribution in [-0.2, 0) is 4.74 Å². The zero-order chi connectivity index (χ0) is 23.2. The molecule has 0 saturated carbocycles. The maximum absolute atomic E-state index is 12.7. The van der Waals surface area contributed by atoms with Gasteiger partial charge in [-0.2, -0.15) is 0 Å². The zero-order valence-electron chi connectivity index (χ0n) is 18.4. The van der Waals surface area contributed by atoms with Crippen LogP contribution < -0.4 is 10.1 Å². The topological polar surface area (TPSA) is 93.6 Å². The van der Waals surface area contributed by atoms with E-state index in [2.05, 4.69) is 15.3 Å². The van der Waals surface area contributed by atoms with Gasteiger partial charge in [0.05, 0.1) is 17.3 Å². The molecule has 1 saturated heterocycles. The van der Waals surface area contributed by atoms with Crippen molar-refractivity contribution in [2.45, 2.75) is 25.7 Å². The van der Waals surface area contributed by atoms with Gasteiger partial charge in [-0.15, -0.1) is 0 Å². The highest BCUT2D eigenvalue weighted by Gasteiger charge is 2.21. The lowest BCUT2D eigenvalue weighted by atomic mass is 9.92. The quantitative estimate of drug-likeness (QED) is 0.526. The Kier molecular flexibility index (Phi) is 7.54. The van der Waals surface area contributed by atoms with Crippen molar-refractivity contribution in [1.82, 2.24) is 9.97 Å². The van der Waals surface area contributed by atoms with Gasteiger partial charge in [-0.25, -0.2) is 4.98 Å². The van der Waals surface area contributed by atoms with Crippen molar-refractivity contribution in [3.05, 3.63) is 70.6 Å². The summed E-state index contributed by atoms with van der Waals surface area (Å²) in [5, 5.41) is 12.5. The number of rotatable bonds is 7. The number of hydrogen-bond donors (Lipinski definition) is 2. The van der Waals surface area contributed by atoms with Crippen LogP contribution in [0.4, 0.5) is 5.69 Å². The predicted octanol–water partition coefficient (Wildman–Crippen LogP) is 4.62. The Balaban J connectivity index is 1.72. The number of benzene rings is 1. The molecule has 33 heavy (non-hydrogen) atoms. The van der Waals surface area contributed by atoms with Crippen LogP contribution in [0.25, 0.3) is 11.1 Å². The second-order valence-corrected chi connectivity index (χ2v) is 8.26. The molecule has 8 heteroatoms. The van der Waals surface area contributed by atoms with Gasteiger partial charge in [-0.3, -0.25) is 9.78 Å². The fourth-order valence-corrected chi connectivity index (χ4v) is 4.29. The Morgan fingerprint density at radius 3 is 2.70 bits per heavy atom. The first-order valence-corrected chi connectivity index (χ1v) is 11.3. The first-order valence-electron chi connectivity index (χ1n) is 10.9. The molecule has 1 aliphatic rings. The second kappa shape index (κ2) is 10.7. The normalized spacial score (nSPS) is 14.2. The van der Waals surface area contributed by atoms with Crippen LogP contribution in [0, 0.1) is 6.92 Å². The summed E-state index contributed by atoms with van der Waals surface area (Å²) in [6.45, 7) is 3.41. The van der Waals surface area contributed by atoms with E-state index in [0.29, 0.717) is 35.4 Å². The molecular weight excluding hydrogens is 442 g/mol. The van der Waals surface area contributed by atoms with Gasteiger partial charge in [-0.1, -0.05) is 17.7 Å². The molecule has 1 fully saturated rings. The van der Waals surface area contributed by atoms with Crippen molar-refractivity contribution in [2.24, 2.45) is 0 Å². The number of nitrogens with one attached hydrogen (secondary N) is 1. The molecule has 4 rings (SSSR count). The number of carbonyl (C=O) groups is 1. The number of ether oxygens (including phenoxy) is 2. The molecule has 1 aromatic carbocycles. The lowest BCUT2D eigenvalue weighted by Gasteiger charge is -2.23. The molecule has 172 valence electrons. The van der Waals surface area contributed by atoms with E-state index in [1.807, 2.05) is 25.1 Å². The number of aryl methyl sites for hydroxylation is 1. The van der Waals surface area contributed by atoms with E-state index in [1.165, 1.54) is 0 Å². The summed E-state index contributed by atoms with van der Waals surface area (Å²) in [5.74, 6) is 0.423. The number of aliphatic hydroxyl groups excluding tert-OH is 1. The fourth-order valence-electron chi connectivity index (χ4n) is 3.92. The summed E-state index contributed by atoms with van der Waals surface area (Å²) >= 11 is 6.83. The SMILES string of the molecule is Cc1ccc(NC(=O)c2ccncc2)c(Cl)c1-c1cc(OCCO)nc(C2CCOCC2)c1. The average Bonchev–Trinajstić information content (AvgIpc) is 2.85. The van der Waals surface area contributed by atoms with Crippen molar-refractivity contribution in [3.8, 4) is 17.0 Å². The van der Waals surface area contributed by atoms with Gasteiger partial charge in [0, 0.05) is 54.4 Å². The van der Waals surface area contributed by atoms with Gasteiger partial charge in [0.1, 0.15) is 6.61 Å². The Bertz CT molecular complexity index is 1120. The third kappa shape index (κ3) is 5.50. The zero-order valence-corrected chi connectivity index (χ0v) is 19.1. The van der Waals surface area contributed by atoms with Gasteiger partial charge < -0.3 is 19.9 Å². The molecule has 0 atom stereocenters. The van der Waals surface area contributed by atoms with E-state index >= 15 is 0 Å². The van der Waals surface area contributed by atoms with Crippen molar-refractivity contribution >= 4 is 23.2 Å². The second-order valence-electron chi connectivity index (χ2n) is 7.89. The van der Waals surface area contributed by atoms with Crippen LogP contribution in [0.15, 0.2) is 48.8 Å². The van der Waals surface area contributed by atoms with Gasteiger partial charge in [-0.05, 0) is 55.2 Å². The molecule has 0 aliphatic carbocycles. The highest BCUT2D eigenvalue weighted by atomic mass is 35.5. The molecule has 0 spiro atoms. The summed E-state index contributed by atoms with van der Waals surface area (Å²) in [6, 6.07) is 10.9. The molecule has 1 aliphatic heterocycles. The standard InChI is InChI=1S/C25H26ClN3O4/c1-16-2-3-20(29-25(31)18-4-8-27-9-5-18)24(26)23(16)19-14-21(17-6-11-32-12-7-17)28-22(15-19)33-13-10-30/h2-5,8-9,14-15,17,30H,6-7,10-13H2,1H3,(H,29,31). The molecule has 3 aromatic rings. The summed E-state index contributed by atoms with van der Waals surface area (Å²) in [7, 11) is 0. The van der Waals surface area contributed by atoms with Crippen molar-refractivity contribution in [3.63, 3.8) is 0 Å². The van der Waals surface area contributed by atoms with E-state index in [1.54, 1.807) is 30.6 Å². The van der Waals surface area contributed by atoms with Crippen LogP contribution in [0.2, 0.25) is 5.02 Å². The lowest BCUT2D eigenvalue weighted by Crippen LogP contribution is -2.16. The summed E-state index contributed by atoms with van der Waals surface area (Å²) in [5.41, 5.74) is 4.52. The van der Waals surface area contributed by atoms with Gasteiger partial charge in [0.2, 0.25) is 5.88 Å². The van der Waals surface area contributed by atoms with Crippen LogP contribution in [-0.4, -0.2) is 47.4 Å². The van der Waals surface area contributed by atoms with Crippen LogP contribution >= 0.6 is 11.6 Å². The molecule has 0 bridgehead atoms. The lowest BCUT2D eigenvalue weighted by molar-refractivity contribution is 0.0843. The Morgan fingerprint density at radius 1 is 1.21 bits per heavy atom. The number of carbonyl (C=O) groups excluding carboxylic acids is 1. The molecule has 7 nitrogen and oxygen atoms in total. The molecular formula is C25H26ClN3O4. The number of hydrogen-bond acceptors (Lipinski definition) is 6. The number of amides is 1.